The lowest BCUT2D eigenvalue weighted by atomic mass is 10.2. The van der Waals surface area contributed by atoms with Crippen LogP contribution in [0.4, 0.5) is 26.4 Å². The standard InChI is InChI=1S/C14H16F2N6O/c1-21(2)14-19-12(18-13(17)20-14)7-22-3-4-23-11-6-9(16)8(15)5-10(11)22/h5-6H,3-4,7H2,1-2H3,(H2,17,18,19,20). The summed E-state index contributed by atoms with van der Waals surface area (Å²) in [7, 11) is 3.58. The van der Waals surface area contributed by atoms with Crippen LogP contribution in [0.3, 0.4) is 0 Å². The molecule has 0 unspecified atom stereocenters. The lowest BCUT2D eigenvalue weighted by Gasteiger charge is -2.30. The monoisotopic (exact) mass is 322 g/mol. The predicted molar refractivity (Wildman–Crippen MR) is 81.5 cm³/mol. The van der Waals surface area contributed by atoms with E-state index >= 15 is 0 Å². The van der Waals surface area contributed by atoms with Gasteiger partial charge in [-0.2, -0.15) is 15.0 Å². The predicted octanol–water partition coefficient (Wildman–Crippen LogP) is 1.20. The molecule has 1 aromatic heterocycles. The Morgan fingerprint density at radius 2 is 1.96 bits per heavy atom. The van der Waals surface area contributed by atoms with E-state index in [1.165, 1.54) is 0 Å². The summed E-state index contributed by atoms with van der Waals surface area (Å²) in [5.41, 5.74) is 6.16. The summed E-state index contributed by atoms with van der Waals surface area (Å²) in [5.74, 6) is -0.583. The molecule has 0 fully saturated rings. The van der Waals surface area contributed by atoms with Gasteiger partial charge in [0.05, 0.1) is 18.8 Å². The van der Waals surface area contributed by atoms with Gasteiger partial charge in [0, 0.05) is 26.2 Å². The number of hydrogen-bond acceptors (Lipinski definition) is 7. The minimum Gasteiger partial charge on any atom is -0.489 e. The number of aromatic nitrogens is 3. The molecular formula is C14H16F2N6O. The number of rotatable bonds is 3. The molecule has 0 amide bonds. The van der Waals surface area contributed by atoms with Crippen LogP contribution in [0.1, 0.15) is 5.82 Å². The third-order valence-corrected chi connectivity index (χ3v) is 3.38. The van der Waals surface area contributed by atoms with Crippen LogP contribution in [0.15, 0.2) is 12.1 Å². The number of ether oxygens (including phenoxy) is 1. The molecule has 0 bridgehead atoms. The van der Waals surface area contributed by atoms with Crippen molar-refractivity contribution >= 4 is 17.6 Å². The number of halogens is 2. The van der Waals surface area contributed by atoms with E-state index in [1.807, 2.05) is 4.90 Å². The van der Waals surface area contributed by atoms with E-state index in [4.69, 9.17) is 10.5 Å². The fourth-order valence-electron chi connectivity index (χ4n) is 2.30. The first-order valence-corrected chi connectivity index (χ1v) is 6.98. The fraction of sp³-hybridized carbons (Fsp3) is 0.357. The first kappa shape index (κ1) is 15.2. The van der Waals surface area contributed by atoms with Crippen molar-refractivity contribution in [1.29, 1.82) is 0 Å². The lowest BCUT2D eigenvalue weighted by molar-refractivity contribution is 0.303. The maximum Gasteiger partial charge on any atom is 0.229 e. The summed E-state index contributed by atoms with van der Waals surface area (Å²) in [6, 6.07) is 2.16. The van der Waals surface area contributed by atoms with Crippen LogP contribution < -0.4 is 20.3 Å². The molecule has 0 radical (unpaired) electrons. The van der Waals surface area contributed by atoms with Crippen molar-refractivity contribution in [3.63, 3.8) is 0 Å². The third kappa shape index (κ3) is 3.08. The van der Waals surface area contributed by atoms with Gasteiger partial charge in [-0.25, -0.2) is 8.78 Å². The van der Waals surface area contributed by atoms with Crippen LogP contribution in [0.5, 0.6) is 5.75 Å². The Morgan fingerprint density at radius 1 is 1.22 bits per heavy atom. The highest BCUT2D eigenvalue weighted by molar-refractivity contribution is 5.60. The maximum atomic E-state index is 13.5. The summed E-state index contributed by atoms with van der Waals surface area (Å²) in [6.07, 6.45) is 0. The number of benzene rings is 1. The van der Waals surface area contributed by atoms with Crippen LogP contribution in [0.25, 0.3) is 0 Å². The molecule has 1 aliphatic heterocycles. The van der Waals surface area contributed by atoms with Gasteiger partial charge in [0.2, 0.25) is 11.9 Å². The van der Waals surface area contributed by atoms with E-state index in [0.717, 1.165) is 12.1 Å². The SMILES string of the molecule is CN(C)c1nc(N)nc(CN2CCOc3cc(F)c(F)cc32)n1. The fourth-order valence-corrected chi connectivity index (χ4v) is 2.30. The minimum absolute atomic E-state index is 0.109. The molecule has 0 atom stereocenters. The lowest BCUT2D eigenvalue weighted by Crippen LogP contribution is -2.33. The molecule has 2 N–H and O–H groups in total. The summed E-state index contributed by atoms with van der Waals surface area (Å²) < 4.78 is 32.2. The molecule has 0 saturated carbocycles. The van der Waals surface area contributed by atoms with Crippen LogP contribution >= 0.6 is 0 Å². The van der Waals surface area contributed by atoms with Crippen molar-refractivity contribution in [1.82, 2.24) is 15.0 Å². The van der Waals surface area contributed by atoms with E-state index in [9.17, 15) is 8.78 Å². The first-order valence-electron chi connectivity index (χ1n) is 6.98. The zero-order valence-corrected chi connectivity index (χ0v) is 12.8. The van der Waals surface area contributed by atoms with E-state index in [-0.39, 0.29) is 12.5 Å². The van der Waals surface area contributed by atoms with Gasteiger partial charge in [-0.1, -0.05) is 0 Å². The molecule has 0 spiro atoms. The molecule has 2 aromatic rings. The highest BCUT2D eigenvalue weighted by atomic mass is 19.2. The molecule has 9 heteroatoms. The largest absolute Gasteiger partial charge is 0.489 e. The van der Waals surface area contributed by atoms with Crippen molar-refractivity contribution in [2.45, 2.75) is 6.54 Å². The Bertz CT molecular complexity index is 739. The summed E-state index contributed by atoms with van der Waals surface area (Å²) in [4.78, 5) is 16.0. The van der Waals surface area contributed by atoms with Crippen molar-refractivity contribution in [2.24, 2.45) is 0 Å². The zero-order valence-electron chi connectivity index (χ0n) is 12.8. The first-order chi connectivity index (χ1) is 10.9. The van der Waals surface area contributed by atoms with E-state index in [1.54, 1.807) is 19.0 Å². The van der Waals surface area contributed by atoms with Crippen LogP contribution in [0.2, 0.25) is 0 Å². The van der Waals surface area contributed by atoms with E-state index < -0.39 is 11.6 Å². The average Bonchev–Trinajstić information content (AvgIpc) is 2.48. The van der Waals surface area contributed by atoms with E-state index in [0.29, 0.717) is 36.4 Å². The molecule has 0 saturated heterocycles. The smallest absolute Gasteiger partial charge is 0.229 e. The highest BCUT2D eigenvalue weighted by Crippen LogP contribution is 2.34. The van der Waals surface area contributed by atoms with Gasteiger partial charge < -0.3 is 20.3 Å². The Balaban J connectivity index is 1.92. The number of anilines is 3. The summed E-state index contributed by atoms with van der Waals surface area (Å²) in [6.45, 7) is 1.15. The van der Waals surface area contributed by atoms with Crippen molar-refractivity contribution in [3.05, 3.63) is 29.6 Å². The van der Waals surface area contributed by atoms with Crippen molar-refractivity contribution in [2.75, 3.05) is 42.8 Å². The number of fused-ring (bicyclic) bond motifs is 1. The number of hydrogen-bond donors (Lipinski definition) is 1. The maximum absolute atomic E-state index is 13.5. The topological polar surface area (TPSA) is 80.4 Å². The average molecular weight is 322 g/mol. The number of nitrogens with zero attached hydrogens (tertiary/aromatic N) is 5. The van der Waals surface area contributed by atoms with Crippen molar-refractivity contribution < 1.29 is 13.5 Å². The van der Waals surface area contributed by atoms with Gasteiger partial charge in [0.15, 0.2) is 17.5 Å². The second-order valence-corrected chi connectivity index (χ2v) is 5.31. The zero-order chi connectivity index (χ0) is 16.6. The van der Waals surface area contributed by atoms with Gasteiger partial charge in [0.1, 0.15) is 12.4 Å². The van der Waals surface area contributed by atoms with Crippen LogP contribution in [0, 0.1) is 11.6 Å². The van der Waals surface area contributed by atoms with Gasteiger partial charge >= 0.3 is 0 Å². The third-order valence-electron chi connectivity index (χ3n) is 3.38. The second kappa shape index (κ2) is 5.82. The van der Waals surface area contributed by atoms with Crippen molar-refractivity contribution in [3.8, 4) is 5.75 Å². The molecule has 1 aromatic carbocycles. The minimum atomic E-state index is -0.940. The van der Waals surface area contributed by atoms with Crippen LogP contribution in [-0.4, -0.2) is 42.2 Å². The number of nitrogen functional groups attached to an aromatic ring is 1. The normalized spacial score (nSPS) is 13.5. The molecule has 122 valence electrons. The highest BCUT2D eigenvalue weighted by Gasteiger charge is 2.22. The van der Waals surface area contributed by atoms with Gasteiger partial charge in [-0.15, -0.1) is 0 Å². The Labute approximate surface area is 131 Å². The van der Waals surface area contributed by atoms with Gasteiger partial charge in [0.25, 0.3) is 0 Å². The Kier molecular flexibility index (Phi) is 3.85. The molecule has 7 nitrogen and oxygen atoms in total. The van der Waals surface area contributed by atoms with E-state index in [2.05, 4.69) is 15.0 Å². The van der Waals surface area contributed by atoms with Gasteiger partial charge in [-0.05, 0) is 0 Å². The summed E-state index contributed by atoms with van der Waals surface area (Å²) in [5, 5.41) is 0. The molecule has 0 aliphatic carbocycles. The molecular weight excluding hydrogens is 306 g/mol. The Hall–Kier alpha value is -2.71. The van der Waals surface area contributed by atoms with Gasteiger partial charge in [-0.3, -0.25) is 0 Å². The molecule has 2 heterocycles. The second-order valence-electron chi connectivity index (χ2n) is 5.31. The summed E-state index contributed by atoms with van der Waals surface area (Å²) >= 11 is 0. The Morgan fingerprint density at radius 3 is 2.70 bits per heavy atom. The number of nitrogens with two attached hydrogens (primary N) is 1. The van der Waals surface area contributed by atoms with Crippen LogP contribution in [-0.2, 0) is 6.54 Å². The molecule has 23 heavy (non-hydrogen) atoms. The quantitative estimate of drug-likeness (QED) is 0.909. The molecule has 1 aliphatic rings. The molecule has 3 rings (SSSR count).